The van der Waals surface area contributed by atoms with Crippen LogP contribution >= 0.6 is 0 Å². The minimum Gasteiger partial charge on any atom is -0.508 e. The molecule has 7 N–H and O–H groups in total. The number of ether oxygens (including phenoxy) is 1. The summed E-state index contributed by atoms with van der Waals surface area (Å²) in [5, 5.41) is 15.8. The van der Waals surface area contributed by atoms with E-state index in [0.717, 1.165) is 42.5 Å². The summed E-state index contributed by atoms with van der Waals surface area (Å²) in [6.07, 6.45) is 3.01. The van der Waals surface area contributed by atoms with Crippen molar-refractivity contribution in [2.75, 3.05) is 20.1 Å². The average molecular weight is 638 g/mol. The van der Waals surface area contributed by atoms with Crippen molar-refractivity contribution < 1.29 is 29.0 Å². The zero-order chi connectivity index (χ0) is 33.9. The molecule has 0 saturated carbocycles. The fourth-order valence-electron chi connectivity index (χ4n) is 5.39. The Kier molecular flexibility index (Phi) is 17.1. The smallest absolute Gasteiger partial charge is 0.293 e. The average Bonchev–Trinajstić information content (AvgIpc) is 3.02. The Morgan fingerprint density at radius 3 is 2.37 bits per heavy atom. The summed E-state index contributed by atoms with van der Waals surface area (Å²) >= 11 is 0. The number of nitrogens with two attached hydrogens (primary N) is 2. The van der Waals surface area contributed by atoms with Crippen LogP contribution in [-0.2, 0) is 36.8 Å². The van der Waals surface area contributed by atoms with Crippen molar-refractivity contribution in [1.29, 1.82) is 0 Å². The number of phenols is 1. The molecule has 252 valence electrons. The molecule has 0 aromatic heterocycles. The number of rotatable bonds is 23. The Morgan fingerprint density at radius 2 is 1.72 bits per heavy atom. The van der Waals surface area contributed by atoms with Gasteiger partial charge in [-0.15, -0.1) is 0 Å². The van der Waals surface area contributed by atoms with E-state index < -0.39 is 18.1 Å². The fourth-order valence-corrected chi connectivity index (χ4v) is 5.39. The number of nitrogens with one attached hydrogen (secondary N) is 2. The Morgan fingerprint density at radius 1 is 0.978 bits per heavy atom. The van der Waals surface area contributed by atoms with Gasteiger partial charge in [0.25, 0.3) is 6.47 Å². The quantitative estimate of drug-likeness (QED) is 0.0528. The summed E-state index contributed by atoms with van der Waals surface area (Å²) in [7, 11) is 1.90. The van der Waals surface area contributed by atoms with Gasteiger partial charge >= 0.3 is 0 Å². The number of hydrogen-bond acceptors (Lipinski definition) is 8. The summed E-state index contributed by atoms with van der Waals surface area (Å²) in [4.78, 5) is 56.2. The molecular weight excluding hydrogens is 586 g/mol. The first-order valence-corrected chi connectivity index (χ1v) is 16.0. The molecule has 0 radical (unpaired) electrons. The van der Waals surface area contributed by atoms with Crippen molar-refractivity contribution in [1.82, 2.24) is 10.6 Å². The zero-order valence-corrected chi connectivity index (χ0v) is 27.4. The van der Waals surface area contributed by atoms with Gasteiger partial charge < -0.3 is 31.9 Å². The van der Waals surface area contributed by atoms with Gasteiger partial charge in [0.05, 0.1) is 6.04 Å². The highest BCUT2D eigenvalue weighted by atomic mass is 16.5. The maximum atomic E-state index is 13.8. The fraction of sp³-hybridized carbons (Fsp3) is 0.514. The Balaban J connectivity index is 2.24. The molecule has 0 aliphatic heterocycles. The van der Waals surface area contributed by atoms with Crippen molar-refractivity contribution in [3.8, 4) is 5.75 Å². The second-order valence-corrected chi connectivity index (χ2v) is 11.9. The summed E-state index contributed by atoms with van der Waals surface area (Å²) in [6.45, 7) is 5.17. The standard InChI is InChI=1S/C35H51N5O6/c1-24(10-7-8-16-38-3)32(43)21-28(19-26-11-5-4-6-12-26)34(45)40-31(13-9-17-39-35(36)37)33(44)22-30(46-23-41)20-27-14-15-29(42)18-25(27)2/h4-6,11-12,14-15,18,23-24,28,30-31,38,42H,7-10,13,16-17,19-22H2,1-3H3,(H,40,45)(H4,36,37,39). The SMILES string of the molecule is CNCCCCC(C)C(=O)CC(Cc1ccccc1)C(=O)NC(CCCN=C(N)N)C(=O)CC(Cc1ccc(O)cc1C)OC=O. The van der Waals surface area contributed by atoms with Crippen LogP contribution in [-0.4, -0.2) is 67.3 Å². The number of phenolic OH excluding ortho intramolecular Hbond substituents is 1. The van der Waals surface area contributed by atoms with Crippen LogP contribution in [0.1, 0.15) is 68.6 Å². The lowest BCUT2D eigenvalue weighted by atomic mass is 9.87. The number of benzene rings is 2. The van der Waals surface area contributed by atoms with Crippen LogP contribution < -0.4 is 22.1 Å². The molecule has 0 aliphatic carbocycles. The molecule has 0 spiro atoms. The van der Waals surface area contributed by atoms with Gasteiger partial charge in [0, 0.05) is 37.6 Å². The molecule has 46 heavy (non-hydrogen) atoms. The number of nitrogens with zero attached hydrogens (tertiary/aromatic N) is 1. The lowest BCUT2D eigenvalue weighted by Gasteiger charge is -2.24. The minimum absolute atomic E-state index is 0.0138. The van der Waals surface area contributed by atoms with Crippen LogP contribution in [0.15, 0.2) is 53.5 Å². The summed E-state index contributed by atoms with van der Waals surface area (Å²) in [6, 6.07) is 13.4. The van der Waals surface area contributed by atoms with Crippen LogP contribution in [0, 0.1) is 18.8 Å². The van der Waals surface area contributed by atoms with Crippen LogP contribution in [0.2, 0.25) is 0 Å². The Bertz CT molecular complexity index is 1280. The molecule has 2 aromatic carbocycles. The number of carbonyl (C=O) groups is 4. The highest BCUT2D eigenvalue weighted by molar-refractivity contribution is 5.92. The van der Waals surface area contributed by atoms with E-state index in [9.17, 15) is 24.3 Å². The molecule has 1 amide bonds. The number of ketones is 2. The molecule has 11 heteroatoms. The highest BCUT2D eigenvalue weighted by Crippen LogP contribution is 2.22. The molecular formula is C35H51N5O6. The van der Waals surface area contributed by atoms with Gasteiger partial charge in [-0.05, 0) is 81.4 Å². The number of hydrogen-bond donors (Lipinski definition) is 5. The van der Waals surface area contributed by atoms with Crippen molar-refractivity contribution >= 4 is 29.9 Å². The van der Waals surface area contributed by atoms with Crippen LogP contribution in [0.25, 0.3) is 0 Å². The first-order valence-electron chi connectivity index (χ1n) is 16.0. The second kappa shape index (κ2) is 20.7. The molecule has 4 atom stereocenters. The minimum atomic E-state index is -0.910. The number of unbranched alkanes of at least 4 members (excludes halogenated alkanes) is 1. The van der Waals surface area contributed by atoms with Crippen LogP contribution in [0.4, 0.5) is 0 Å². The number of aromatic hydroxyl groups is 1. The molecule has 0 heterocycles. The number of aryl methyl sites for hydroxylation is 1. The van der Waals surface area contributed by atoms with Crippen molar-refractivity contribution in [3.05, 3.63) is 65.2 Å². The zero-order valence-electron chi connectivity index (χ0n) is 27.4. The van der Waals surface area contributed by atoms with Crippen molar-refractivity contribution in [2.45, 2.75) is 83.8 Å². The van der Waals surface area contributed by atoms with Gasteiger partial charge in [-0.25, -0.2) is 0 Å². The molecule has 4 unspecified atom stereocenters. The first kappa shape index (κ1) is 37.9. The molecule has 2 aromatic rings. The number of amides is 1. The number of carbonyl (C=O) groups excluding carboxylic acids is 4. The maximum Gasteiger partial charge on any atom is 0.293 e. The third-order valence-corrected chi connectivity index (χ3v) is 8.11. The van der Waals surface area contributed by atoms with E-state index in [0.29, 0.717) is 19.3 Å². The lowest BCUT2D eigenvalue weighted by Crippen LogP contribution is -2.46. The van der Waals surface area contributed by atoms with E-state index in [2.05, 4.69) is 15.6 Å². The molecule has 0 fully saturated rings. The highest BCUT2D eigenvalue weighted by Gasteiger charge is 2.30. The first-order chi connectivity index (χ1) is 22.0. The van der Waals surface area contributed by atoms with E-state index in [1.54, 1.807) is 12.1 Å². The third kappa shape index (κ3) is 14.2. The summed E-state index contributed by atoms with van der Waals surface area (Å²) < 4.78 is 5.29. The van der Waals surface area contributed by atoms with E-state index in [4.69, 9.17) is 16.2 Å². The predicted octanol–water partition coefficient (Wildman–Crippen LogP) is 3.13. The summed E-state index contributed by atoms with van der Waals surface area (Å²) in [5.74, 6) is -1.52. The third-order valence-electron chi connectivity index (χ3n) is 8.11. The van der Waals surface area contributed by atoms with Crippen molar-refractivity contribution in [3.63, 3.8) is 0 Å². The monoisotopic (exact) mass is 637 g/mol. The Hall–Kier alpha value is -4.25. The van der Waals surface area contributed by atoms with Crippen molar-refractivity contribution in [2.24, 2.45) is 28.3 Å². The van der Waals surface area contributed by atoms with Gasteiger partial charge in [-0.1, -0.05) is 49.7 Å². The molecule has 0 aliphatic rings. The van der Waals surface area contributed by atoms with Gasteiger partial charge in [-0.2, -0.15) is 0 Å². The number of guanidine groups is 1. The largest absolute Gasteiger partial charge is 0.508 e. The van der Waals surface area contributed by atoms with E-state index in [-0.39, 0.29) is 67.3 Å². The van der Waals surface area contributed by atoms with Crippen LogP contribution in [0.3, 0.4) is 0 Å². The summed E-state index contributed by atoms with van der Waals surface area (Å²) in [5.41, 5.74) is 13.4. The normalized spacial score (nSPS) is 13.5. The molecule has 2 rings (SSSR count). The van der Waals surface area contributed by atoms with E-state index in [1.807, 2.05) is 51.2 Å². The topological polar surface area (TPSA) is 186 Å². The van der Waals surface area contributed by atoms with Gasteiger partial charge in [0.1, 0.15) is 17.6 Å². The lowest BCUT2D eigenvalue weighted by molar-refractivity contribution is -0.137. The van der Waals surface area contributed by atoms with Crippen LogP contribution in [0.5, 0.6) is 5.75 Å². The second-order valence-electron chi connectivity index (χ2n) is 11.9. The Labute approximate surface area is 272 Å². The van der Waals surface area contributed by atoms with Gasteiger partial charge in [0.2, 0.25) is 5.91 Å². The van der Waals surface area contributed by atoms with E-state index in [1.165, 1.54) is 6.07 Å². The van der Waals surface area contributed by atoms with E-state index >= 15 is 0 Å². The molecule has 11 nitrogen and oxygen atoms in total. The number of Topliss-reactive ketones (excluding diaryl/α,β-unsaturated/α-hetero) is 2. The van der Waals surface area contributed by atoms with Gasteiger partial charge in [0.15, 0.2) is 11.7 Å². The van der Waals surface area contributed by atoms with Gasteiger partial charge in [-0.3, -0.25) is 24.2 Å². The molecule has 0 saturated heterocycles. The predicted molar refractivity (Wildman–Crippen MR) is 179 cm³/mol. The number of aliphatic imine (C=N–C) groups is 1. The molecule has 0 bridgehead atoms. The maximum absolute atomic E-state index is 13.8.